The van der Waals surface area contributed by atoms with Crippen LogP contribution in [-0.2, 0) is 4.79 Å². The highest BCUT2D eigenvalue weighted by Crippen LogP contribution is 2.39. The van der Waals surface area contributed by atoms with Gasteiger partial charge in [0.15, 0.2) is 0 Å². The van der Waals surface area contributed by atoms with Gasteiger partial charge in [0.2, 0.25) is 5.91 Å². The Bertz CT molecular complexity index is 773. The maximum atomic E-state index is 12.5. The smallest absolute Gasteiger partial charge is 0.255 e. The minimum absolute atomic E-state index is 0.0280. The molecule has 2 saturated heterocycles. The summed E-state index contributed by atoms with van der Waals surface area (Å²) >= 11 is 0. The SMILES string of the molecule is O=C1NC2(CCN(C(=O)c3ccnnc3)CC2)CC1c1ccncc1. The van der Waals surface area contributed by atoms with Crippen LogP contribution >= 0.6 is 0 Å². The van der Waals surface area contributed by atoms with Crippen molar-refractivity contribution in [3.05, 3.63) is 54.1 Å². The molecule has 1 atom stereocenters. The Kier molecular flexibility index (Phi) is 3.91. The second kappa shape index (κ2) is 6.23. The van der Waals surface area contributed by atoms with Crippen molar-refractivity contribution in [1.82, 2.24) is 25.4 Å². The molecule has 2 aliphatic rings. The van der Waals surface area contributed by atoms with Crippen molar-refractivity contribution in [3.63, 3.8) is 0 Å². The molecule has 1 N–H and O–H groups in total. The van der Waals surface area contributed by atoms with Crippen molar-refractivity contribution in [3.8, 4) is 0 Å². The number of carbonyl (C=O) groups is 2. The normalized spacial score (nSPS) is 22.0. The van der Waals surface area contributed by atoms with Crippen molar-refractivity contribution in [2.24, 2.45) is 0 Å². The quantitative estimate of drug-likeness (QED) is 0.888. The monoisotopic (exact) mass is 337 g/mol. The second-order valence-corrected chi connectivity index (χ2v) is 6.73. The second-order valence-electron chi connectivity index (χ2n) is 6.73. The molecule has 7 nitrogen and oxygen atoms in total. The lowest BCUT2D eigenvalue weighted by Gasteiger charge is -2.39. The number of amides is 2. The highest BCUT2D eigenvalue weighted by Gasteiger charge is 2.46. The highest BCUT2D eigenvalue weighted by atomic mass is 16.2. The zero-order valence-electron chi connectivity index (χ0n) is 13.8. The lowest BCUT2D eigenvalue weighted by molar-refractivity contribution is -0.121. The van der Waals surface area contributed by atoms with Gasteiger partial charge in [0, 0.05) is 31.0 Å². The van der Waals surface area contributed by atoms with E-state index in [1.54, 1.807) is 18.5 Å². The Balaban J connectivity index is 1.43. The first kappa shape index (κ1) is 15.7. The van der Waals surface area contributed by atoms with Crippen LogP contribution in [0.15, 0.2) is 43.0 Å². The van der Waals surface area contributed by atoms with Gasteiger partial charge in [-0.15, -0.1) is 0 Å². The third-order valence-electron chi connectivity index (χ3n) is 5.25. The maximum absolute atomic E-state index is 12.5. The van der Waals surface area contributed by atoms with Gasteiger partial charge >= 0.3 is 0 Å². The fourth-order valence-electron chi connectivity index (χ4n) is 3.81. The average molecular weight is 337 g/mol. The van der Waals surface area contributed by atoms with Crippen LogP contribution in [0.3, 0.4) is 0 Å². The van der Waals surface area contributed by atoms with E-state index in [4.69, 9.17) is 0 Å². The molecule has 128 valence electrons. The minimum Gasteiger partial charge on any atom is -0.350 e. The molecular formula is C18H19N5O2. The van der Waals surface area contributed by atoms with E-state index in [-0.39, 0.29) is 23.3 Å². The molecule has 4 heterocycles. The molecule has 2 amide bonds. The molecule has 2 fully saturated rings. The Hall–Kier alpha value is -2.83. The summed E-state index contributed by atoms with van der Waals surface area (Å²) in [5.41, 5.74) is 1.35. The van der Waals surface area contributed by atoms with E-state index in [0.717, 1.165) is 24.8 Å². The van der Waals surface area contributed by atoms with Crippen molar-refractivity contribution in [1.29, 1.82) is 0 Å². The highest BCUT2D eigenvalue weighted by molar-refractivity contribution is 5.94. The molecule has 0 aliphatic carbocycles. The third-order valence-corrected chi connectivity index (χ3v) is 5.25. The molecule has 0 radical (unpaired) electrons. The van der Waals surface area contributed by atoms with Gasteiger partial charge in [0.05, 0.1) is 23.9 Å². The Morgan fingerprint density at radius 1 is 1.12 bits per heavy atom. The van der Waals surface area contributed by atoms with Crippen LogP contribution in [0, 0.1) is 0 Å². The summed E-state index contributed by atoms with van der Waals surface area (Å²) in [6.07, 6.45) is 8.76. The standard InChI is InChI=1S/C18H19N5O2/c24-16-15(13-1-6-19-7-2-13)11-18(22-16)4-9-23(10-5-18)17(25)14-3-8-20-21-12-14/h1-3,6-8,12,15H,4-5,9-11H2,(H,22,24). The molecule has 2 aromatic rings. The number of piperidine rings is 1. The van der Waals surface area contributed by atoms with Crippen molar-refractivity contribution in [2.75, 3.05) is 13.1 Å². The number of carbonyl (C=O) groups excluding carboxylic acids is 2. The number of rotatable bonds is 2. The molecule has 1 spiro atoms. The zero-order valence-corrected chi connectivity index (χ0v) is 13.8. The number of likely N-dealkylation sites (tertiary alicyclic amines) is 1. The van der Waals surface area contributed by atoms with E-state index < -0.39 is 0 Å². The summed E-state index contributed by atoms with van der Waals surface area (Å²) in [5.74, 6) is -0.0845. The van der Waals surface area contributed by atoms with Gasteiger partial charge in [-0.3, -0.25) is 14.6 Å². The summed E-state index contributed by atoms with van der Waals surface area (Å²) in [6, 6.07) is 5.48. The average Bonchev–Trinajstić information content (AvgIpc) is 2.99. The molecule has 2 aliphatic heterocycles. The Morgan fingerprint density at radius 3 is 2.56 bits per heavy atom. The third kappa shape index (κ3) is 2.97. The summed E-state index contributed by atoms with van der Waals surface area (Å²) in [5, 5.41) is 10.7. The van der Waals surface area contributed by atoms with Crippen molar-refractivity contribution >= 4 is 11.8 Å². The predicted molar refractivity (Wildman–Crippen MR) is 89.6 cm³/mol. The Morgan fingerprint density at radius 2 is 1.88 bits per heavy atom. The Labute approximate surface area is 145 Å². The van der Waals surface area contributed by atoms with E-state index in [1.807, 2.05) is 17.0 Å². The van der Waals surface area contributed by atoms with Crippen LogP contribution in [-0.4, -0.2) is 50.5 Å². The van der Waals surface area contributed by atoms with Crippen molar-refractivity contribution in [2.45, 2.75) is 30.7 Å². The molecule has 0 aromatic carbocycles. The first-order valence-corrected chi connectivity index (χ1v) is 8.45. The van der Waals surface area contributed by atoms with E-state index in [2.05, 4.69) is 20.5 Å². The summed E-state index contributed by atoms with van der Waals surface area (Å²) in [6.45, 7) is 1.26. The van der Waals surface area contributed by atoms with Crippen LogP contribution in [0.4, 0.5) is 0 Å². The van der Waals surface area contributed by atoms with Gasteiger partial charge in [-0.2, -0.15) is 10.2 Å². The first-order valence-electron chi connectivity index (χ1n) is 8.45. The number of pyridine rings is 1. The summed E-state index contributed by atoms with van der Waals surface area (Å²) < 4.78 is 0. The molecule has 0 bridgehead atoms. The largest absolute Gasteiger partial charge is 0.350 e. The van der Waals surface area contributed by atoms with Crippen LogP contribution in [0.5, 0.6) is 0 Å². The van der Waals surface area contributed by atoms with Crippen LogP contribution in [0.1, 0.15) is 41.1 Å². The van der Waals surface area contributed by atoms with E-state index in [9.17, 15) is 9.59 Å². The van der Waals surface area contributed by atoms with Gasteiger partial charge in [-0.05, 0) is 43.0 Å². The zero-order chi connectivity index (χ0) is 17.3. The van der Waals surface area contributed by atoms with E-state index in [1.165, 1.54) is 12.4 Å². The molecule has 4 rings (SSSR count). The molecule has 0 saturated carbocycles. The molecule has 25 heavy (non-hydrogen) atoms. The molecular weight excluding hydrogens is 318 g/mol. The number of nitrogens with zero attached hydrogens (tertiary/aromatic N) is 4. The maximum Gasteiger partial charge on any atom is 0.255 e. The first-order chi connectivity index (χ1) is 12.2. The molecule has 2 aromatic heterocycles. The molecule has 7 heteroatoms. The number of nitrogens with one attached hydrogen (secondary N) is 1. The number of aromatic nitrogens is 3. The minimum atomic E-state index is -0.210. The van der Waals surface area contributed by atoms with Crippen LogP contribution < -0.4 is 5.32 Å². The van der Waals surface area contributed by atoms with Crippen LogP contribution in [0.25, 0.3) is 0 Å². The van der Waals surface area contributed by atoms with Gasteiger partial charge < -0.3 is 10.2 Å². The summed E-state index contributed by atoms with van der Waals surface area (Å²) in [7, 11) is 0. The topological polar surface area (TPSA) is 88.1 Å². The molecule has 1 unspecified atom stereocenters. The van der Waals surface area contributed by atoms with Crippen LogP contribution in [0.2, 0.25) is 0 Å². The predicted octanol–water partition coefficient (Wildman–Crippen LogP) is 1.15. The van der Waals surface area contributed by atoms with E-state index in [0.29, 0.717) is 18.7 Å². The van der Waals surface area contributed by atoms with Gasteiger partial charge in [0.1, 0.15) is 0 Å². The number of hydrogen-bond acceptors (Lipinski definition) is 5. The van der Waals surface area contributed by atoms with Gasteiger partial charge in [-0.25, -0.2) is 0 Å². The lowest BCUT2D eigenvalue weighted by atomic mass is 9.82. The van der Waals surface area contributed by atoms with E-state index >= 15 is 0 Å². The summed E-state index contributed by atoms with van der Waals surface area (Å²) in [4.78, 5) is 30.8. The number of hydrogen-bond donors (Lipinski definition) is 1. The van der Waals surface area contributed by atoms with Crippen molar-refractivity contribution < 1.29 is 9.59 Å². The fraction of sp³-hybridized carbons (Fsp3) is 0.389. The van der Waals surface area contributed by atoms with Gasteiger partial charge in [0.25, 0.3) is 5.91 Å². The fourth-order valence-corrected chi connectivity index (χ4v) is 3.81. The lowest BCUT2D eigenvalue weighted by Crippen LogP contribution is -2.52. The van der Waals surface area contributed by atoms with Gasteiger partial charge in [-0.1, -0.05) is 0 Å².